The van der Waals surface area contributed by atoms with Crippen LogP contribution >= 0.6 is 0 Å². The van der Waals surface area contributed by atoms with Crippen molar-refractivity contribution < 1.29 is 9.66 Å². The summed E-state index contributed by atoms with van der Waals surface area (Å²) in [6.07, 6.45) is 2.88. The molecule has 1 saturated heterocycles. The number of ether oxygens (including phenoxy) is 1. The van der Waals surface area contributed by atoms with E-state index < -0.39 is 4.92 Å². The van der Waals surface area contributed by atoms with Gasteiger partial charge < -0.3 is 15.0 Å². The summed E-state index contributed by atoms with van der Waals surface area (Å²) in [4.78, 5) is 16.1. The highest BCUT2D eigenvalue weighted by Gasteiger charge is 2.21. The third-order valence-electron chi connectivity index (χ3n) is 2.87. The molecular weight excluding hydrogens is 236 g/mol. The average Bonchev–Trinajstić information content (AvgIpc) is 2.40. The Hall–Kier alpha value is -1.73. The molecule has 98 valence electrons. The number of hydrogen-bond donors (Lipinski definition) is 1. The Bertz CT molecular complexity index is 421. The van der Waals surface area contributed by atoms with Crippen LogP contribution in [0.15, 0.2) is 18.5 Å². The zero-order valence-electron chi connectivity index (χ0n) is 10.2. The van der Waals surface area contributed by atoms with Crippen LogP contribution in [-0.4, -0.2) is 49.3 Å². The normalized spacial score (nSPS) is 19.5. The number of nitrogens with one attached hydrogen (secondary N) is 1. The largest absolute Gasteiger partial charge is 0.374 e. The van der Waals surface area contributed by atoms with Crippen LogP contribution < -0.4 is 10.2 Å². The summed E-state index contributed by atoms with van der Waals surface area (Å²) in [5.41, 5.74) is 0.577. The number of aromatic nitrogens is 1. The Morgan fingerprint density at radius 3 is 3.22 bits per heavy atom. The molecule has 0 radical (unpaired) electrons. The van der Waals surface area contributed by atoms with Gasteiger partial charge in [0.1, 0.15) is 11.9 Å². The number of nitro groups is 1. The number of morpholine rings is 1. The Labute approximate surface area is 105 Å². The number of pyridine rings is 1. The van der Waals surface area contributed by atoms with E-state index in [0.717, 1.165) is 13.1 Å². The molecule has 7 nitrogen and oxygen atoms in total. The molecule has 0 amide bonds. The minimum absolute atomic E-state index is 0.0174. The van der Waals surface area contributed by atoms with Gasteiger partial charge >= 0.3 is 5.69 Å². The molecule has 0 saturated carbocycles. The first-order valence-electron chi connectivity index (χ1n) is 5.80. The van der Waals surface area contributed by atoms with Gasteiger partial charge in [-0.15, -0.1) is 0 Å². The van der Waals surface area contributed by atoms with Crippen molar-refractivity contribution in [2.24, 2.45) is 0 Å². The predicted molar refractivity (Wildman–Crippen MR) is 66.8 cm³/mol. The summed E-state index contributed by atoms with van der Waals surface area (Å²) in [5, 5.41) is 14.1. The molecule has 0 spiro atoms. The van der Waals surface area contributed by atoms with E-state index in [9.17, 15) is 10.1 Å². The zero-order valence-corrected chi connectivity index (χ0v) is 10.2. The van der Waals surface area contributed by atoms with Crippen LogP contribution in [0.25, 0.3) is 0 Å². The SMILES string of the molecule is CN(CC1CNCCO1)c1ccncc1[N+](=O)[O-]. The van der Waals surface area contributed by atoms with Gasteiger partial charge in [-0.1, -0.05) is 0 Å². The molecule has 1 unspecified atom stereocenters. The average molecular weight is 252 g/mol. The number of nitrogens with zero attached hydrogens (tertiary/aromatic N) is 3. The van der Waals surface area contributed by atoms with Gasteiger partial charge in [-0.3, -0.25) is 15.1 Å². The minimum Gasteiger partial charge on any atom is -0.374 e. The second-order valence-electron chi connectivity index (χ2n) is 4.20. The lowest BCUT2D eigenvalue weighted by molar-refractivity contribution is -0.384. The lowest BCUT2D eigenvalue weighted by Gasteiger charge is -2.28. The number of rotatable bonds is 4. The fraction of sp³-hybridized carbons (Fsp3) is 0.545. The molecule has 1 N–H and O–H groups in total. The molecule has 1 aromatic heterocycles. The number of likely N-dealkylation sites (N-methyl/N-ethyl adjacent to an activating group) is 1. The van der Waals surface area contributed by atoms with Crippen LogP contribution in [-0.2, 0) is 4.74 Å². The fourth-order valence-corrected chi connectivity index (χ4v) is 1.98. The molecule has 1 aromatic rings. The molecule has 2 rings (SSSR count). The van der Waals surface area contributed by atoms with Crippen LogP contribution in [0.1, 0.15) is 0 Å². The number of anilines is 1. The van der Waals surface area contributed by atoms with Gasteiger partial charge in [-0.2, -0.15) is 0 Å². The Kier molecular flexibility index (Phi) is 4.06. The van der Waals surface area contributed by atoms with E-state index >= 15 is 0 Å². The Balaban J connectivity index is 2.08. The van der Waals surface area contributed by atoms with E-state index in [0.29, 0.717) is 18.8 Å². The third-order valence-corrected chi connectivity index (χ3v) is 2.87. The zero-order chi connectivity index (χ0) is 13.0. The number of hydrogen-bond acceptors (Lipinski definition) is 6. The van der Waals surface area contributed by atoms with Crippen molar-refractivity contribution >= 4 is 11.4 Å². The summed E-state index contributed by atoms with van der Waals surface area (Å²) in [7, 11) is 1.82. The van der Waals surface area contributed by atoms with Gasteiger partial charge in [0.15, 0.2) is 0 Å². The Morgan fingerprint density at radius 2 is 2.56 bits per heavy atom. The van der Waals surface area contributed by atoms with Crippen molar-refractivity contribution in [3.63, 3.8) is 0 Å². The maximum absolute atomic E-state index is 10.9. The van der Waals surface area contributed by atoms with Crippen LogP contribution in [0, 0.1) is 10.1 Å². The van der Waals surface area contributed by atoms with Crippen molar-refractivity contribution in [3.8, 4) is 0 Å². The highest BCUT2D eigenvalue weighted by molar-refractivity contribution is 5.61. The summed E-state index contributed by atoms with van der Waals surface area (Å²) in [6.45, 7) is 2.91. The van der Waals surface area contributed by atoms with Gasteiger partial charge in [-0.05, 0) is 6.07 Å². The first-order chi connectivity index (χ1) is 8.68. The first-order valence-corrected chi connectivity index (χ1v) is 5.80. The van der Waals surface area contributed by atoms with E-state index in [1.54, 1.807) is 12.3 Å². The quantitative estimate of drug-likeness (QED) is 0.617. The minimum atomic E-state index is -0.418. The predicted octanol–water partition coefficient (Wildman–Crippen LogP) is 0.414. The summed E-state index contributed by atoms with van der Waals surface area (Å²) in [5.74, 6) is 0. The maximum atomic E-state index is 10.9. The lowest BCUT2D eigenvalue weighted by Crippen LogP contribution is -2.44. The molecular formula is C11H16N4O3. The molecule has 1 aliphatic heterocycles. The molecule has 1 aliphatic rings. The molecule has 1 atom stereocenters. The maximum Gasteiger partial charge on any atom is 0.310 e. The van der Waals surface area contributed by atoms with Crippen LogP contribution in [0.3, 0.4) is 0 Å². The van der Waals surface area contributed by atoms with Crippen LogP contribution in [0.2, 0.25) is 0 Å². The smallest absolute Gasteiger partial charge is 0.310 e. The van der Waals surface area contributed by atoms with E-state index in [4.69, 9.17) is 4.74 Å². The molecule has 0 aromatic carbocycles. The van der Waals surface area contributed by atoms with Crippen molar-refractivity contribution in [1.29, 1.82) is 0 Å². The van der Waals surface area contributed by atoms with E-state index in [1.807, 2.05) is 11.9 Å². The van der Waals surface area contributed by atoms with E-state index in [1.165, 1.54) is 6.20 Å². The summed E-state index contributed by atoms with van der Waals surface area (Å²) in [6, 6.07) is 1.65. The van der Waals surface area contributed by atoms with Crippen LogP contribution in [0.4, 0.5) is 11.4 Å². The third kappa shape index (κ3) is 2.93. The molecule has 1 fully saturated rings. The molecule has 18 heavy (non-hydrogen) atoms. The monoisotopic (exact) mass is 252 g/mol. The van der Waals surface area contributed by atoms with Gasteiger partial charge in [0, 0.05) is 32.9 Å². The summed E-state index contributed by atoms with van der Waals surface area (Å²) < 4.78 is 5.58. The molecule has 0 aliphatic carbocycles. The van der Waals surface area contributed by atoms with Crippen molar-refractivity contribution in [1.82, 2.24) is 10.3 Å². The highest BCUT2D eigenvalue weighted by Crippen LogP contribution is 2.25. The van der Waals surface area contributed by atoms with Gasteiger partial charge in [0.2, 0.25) is 0 Å². The van der Waals surface area contributed by atoms with Crippen molar-refractivity contribution in [3.05, 3.63) is 28.6 Å². The van der Waals surface area contributed by atoms with Crippen molar-refractivity contribution in [2.75, 3.05) is 38.2 Å². The lowest BCUT2D eigenvalue weighted by atomic mass is 10.2. The molecule has 7 heteroatoms. The van der Waals surface area contributed by atoms with E-state index in [2.05, 4.69) is 10.3 Å². The Morgan fingerprint density at radius 1 is 1.72 bits per heavy atom. The summed E-state index contributed by atoms with van der Waals surface area (Å²) >= 11 is 0. The van der Waals surface area contributed by atoms with E-state index in [-0.39, 0.29) is 11.8 Å². The van der Waals surface area contributed by atoms with Gasteiger partial charge in [0.25, 0.3) is 0 Å². The van der Waals surface area contributed by atoms with Crippen LogP contribution in [0.5, 0.6) is 0 Å². The van der Waals surface area contributed by atoms with Gasteiger partial charge in [0.05, 0.1) is 17.6 Å². The standard InChI is InChI=1S/C11H16N4O3/c1-14(8-9-6-13-4-5-18-9)10-2-3-12-7-11(10)15(16)17/h2-3,7,9,13H,4-6,8H2,1H3. The second-order valence-corrected chi connectivity index (χ2v) is 4.20. The topological polar surface area (TPSA) is 80.5 Å². The molecule has 2 heterocycles. The van der Waals surface area contributed by atoms with Crippen molar-refractivity contribution in [2.45, 2.75) is 6.10 Å². The molecule has 0 bridgehead atoms. The second kappa shape index (κ2) is 5.74. The highest BCUT2D eigenvalue weighted by atomic mass is 16.6. The van der Waals surface area contributed by atoms with Gasteiger partial charge in [-0.25, -0.2) is 0 Å². The fourth-order valence-electron chi connectivity index (χ4n) is 1.98. The first kappa shape index (κ1) is 12.7.